The van der Waals surface area contributed by atoms with Gasteiger partial charge in [-0.1, -0.05) is 42.5 Å². The fourth-order valence-electron chi connectivity index (χ4n) is 3.38. The molecule has 31 heavy (non-hydrogen) atoms. The van der Waals surface area contributed by atoms with Gasteiger partial charge in [-0.2, -0.15) is 5.10 Å². The number of hydrogen-bond acceptors (Lipinski definition) is 5. The first-order chi connectivity index (χ1) is 15.2. The third-order valence-electron chi connectivity index (χ3n) is 4.87. The van der Waals surface area contributed by atoms with Gasteiger partial charge >= 0.3 is 0 Å². The monoisotopic (exact) mass is 414 g/mol. The molecule has 0 saturated carbocycles. The van der Waals surface area contributed by atoms with Crippen LogP contribution in [0.3, 0.4) is 0 Å². The minimum absolute atomic E-state index is 0.0968. The molecular formula is C24H22N4O3. The fourth-order valence-corrected chi connectivity index (χ4v) is 3.38. The lowest BCUT2D eigenvalue weighted by Crippen LogP contribution is -2.21. The van der Waals surface area contributed by atoms with Crippen molar-refractivity contribution in [1.29, 1.82) is 0 Å². The molecule has 0 bridgehead atoms. The van der Waals surface area contributed by atoms with Gasteiger partial charge < -0.3 is 9.72 Å². The Bertz CT molecular complexity index is 1330. The van der Waals surface area contributed by atoms with Crippen LogP contribution in [0.1, 0.15) is 24.6 Å². The summed E-state index contributed by atoms with van der Waals surface area (Å²) in [5.74, 6) is 0.398. The van der Waals surface area contributed by atoms with E-state index in [1.165, 1.54) is 0 Å². The van der Waals surface area contributed by atoms with Crippen LogP contribution < -0.4 is 15.7 Å². The maximum atomic E-state index is 12.3. The number of amides is 1. The number of H-pyrrole nitrogens is 1. The van der Waals surface area contributed by atoms with Crippen molar-refractivity contribution in [3.05, 3.63) is 82.3 Å². The predicted octanol–water partition coefficient (Wildman–Crippen LogP) is 3.56. The zero-order valence-corrected chi connectivity index (χ0v) is 17.1. The predicted molar refractivity (Wildman–Crippen MR) is 122 cm³/mol. The molecule has 0 unspecified atom stereocenters. The minimum atomic E-state index is -0.302. The van der Waals surface area contributed by atoms with Crippen LogP contribution in [0.25, 0.3) is 21.8 Å². The number of carbonyl (C=O) groups is 1. The lowest BCUT2D eigenvalue weighted by molar-refractivity contribution is -0.121. The number of aryl methyl sites for hydroxylation is 1. The van der Waals surface area contributed by atoms with Crippen molar-refractivity contribution in [2.24, 2.45) is 5.10 Å². The number of nitrogens with one attached hydrogen (secondary N) is 2. The standard InChI is InChI=1S/C24H22N4O3/c1-2-31-22-13-11-16-7-3-4-8-17(16)18(22)15-25-28-23(29)14-12-21-24(30)27-20-10-6-5-9-19(20)26-21/h3-11,13,15H,2,12,14H2,1H3,(H,27,30)(H,28,29)/b25-15-. The number of nitrogens with zero attached hydrogens (tertiary/aromatic N) is 2. The van der Waals surface area contributed by atoms with E-state index in [1.807, 2.05) is 61.5 Å². The van der Waals surface area contributed by atoms with Crippen LogP contribution in [-0.4, -0.2) is 28.7 Å². The lowest BCUT2D eigenvalue weighted by Gasteiger charge is -2.10. The molecule has 0 aliphatic rings. The number of fused-ring (bicyclic) bond motifs is 2. The van der Waals surface area contributed by atoms with E-state index in [0.29, 0.717) is 29.1 Å². The Morgan fingerprint density at radius 2 is 1.94 bits per heavy atom. The number of hydrogen-bond donors (Lipinski definition) is 2. The van der Waals surface area contributed by atoms with E-state index < -0.39 is 0 Å². The second kappa shape index (κ2) is 9.21. The molecule has 2 N–H and O–H groups in total. The van der Waals surface area contributed by atoms with Crippen LogP contribution in [-0.2, 0) is 11.2 Å². The summed E-state index contributed by atoms with van der Waals surface area (Å²) in [4.78, 5) is 31.6. The third-order valence-corrected chi connectivity index (χ3v) is 4.87. The molecule has 7 heteroatoms. The highest BCUT2D eigenvalue weighted by molar-refractivity contribution is 6.02. The molecule has 0 saturated heterocycles. The number of benzene rings is 3. The third kappa shape index (κ3) is 4.61. The van der Waals surface area contributed by atoms with E-state index in [0.717, 1.165) is 16.3 Å². The summed E-state index contributed by atoms with van der Waals surface area (Å²) in [5.41, 5.74) is 4.73. The Balaban J connectivity index is 1.45. The molecule has 1 amide bonds. The van der Waals surface area contributed by atoms with Gasteiger partial charge in [-0.25, -0.2) is 10.4 Å². The number of aromatic nitrogens is 2. The van der Waals surface area contributed by atoms with Gasteiger partial charge in [0.1, 0.15) is 11.4 Å². The Labute approximate surface area is 178 Å². The number of rotatable bonds is 7. The summed E-state index contributed by atoms with van der Waals surface area (Å²) in [7, 11) is 0. The summed E-state index contributed by atoms with van der Waals surface area (Å²) < 4.78 is 5.71. The van der Waals surface area contributed by atoms with Crippen molar-refractivity contribution in [2.75, 3.05) is 6.61 Å². The first-order valence-electron chi connectivity index (χ1n) is 10.1. The molecule has 0 radical (unpaired) electrons. The van der Waals surface area contributed by atoms with Gasteiger partial charge in [0.05, 0.1) is 23.9 Å². The molecule has 1 aromatic heterocycles. The Hall–Kier alpha value is -4.00. The molecule has 4 aromatic rings. The summed E-state index contributed by atoms with van der Waals surface area (Å²) in [6.07, 6.45) is 1.91. The lowest BCUT2D eigenvalue weighted by atomic mass is 10.0. The highest BCUT2D eigenvalue weighted by Crippen LogP contribution is 2.26. The van der Waals surface area contributed by atoms with Gasteiger partial charge in [-0.05, 0) is 35.9 Å². The average Bonchev–Trinajstić information content (AvgIpc) is 2.79. The van der Waals surface area contributed by atoms with Gasteiger partial charge in [0.25, 0.3) is 5.56 Å². The van der Waals surface area contributed by atoms with Crippen LogP contribution in [0.4, 0.5) is 0 Å². The molecule has 7 nitrogen and oxygen atoms in total. The Kier molecular flexibility index (Phi) is 6.03. The number of carbonyl (C=O) groups excluding carboxylic acids is 1. The first-order valence-corrected chi connectivity index (χ1v) is 10.1. The van der Waals surface area contributed by atoms with Crippen LogP contribution in [0.2, 0.25) is 0 Å². The molecule has 0 fully saturated rings. The summed E-state index contributed by atoms with van der Waals surface area (Å²) in [6, 6.07) is 19.1. The number of aromatic amines is 1. The summed E-state index contributed by atoms with van der Waals surface area (Å²) in [6.45, 7) is 2.44. The zero-order valence-electron chi connectivity index (χ0n) is 17.1. The van der Waals surface area contributed by atoms with E-state index in [-0.39, 0.29) is 24.3 Å². The SMILES string of the molecule is CCOc1ccc2ccccc2c1/C=N\NC(=O)CCc1nc2ccccc2[nH]c1=O. The second-order valence-electron chi connectivity index (χ2n) is 6.95. The van der Waals surface area contributed by atoms with Crippen molar-refractivity contribution in [1.82, 2.24) is 15.4 Å². The van der Waals surface area contributed by atoms with Gasteiger partial charge in [0.2, 0.25) is 5.91 Å². The zero-order chi connectivity index (χ0) is 21.6. The molecule has 4 rings (SSSR count). The highest BCUT2D eigenvalue weighted by Gasteiger charge is 2.09. The molecule has 1 heterocycles. The van der Waals surface area contributed by atoms with E-state index in [2.05, 4.69) is 20.5 Å². The van der Waals surface area contributed by atoms with Crippen LogP contribution in [0.15, 0.2) is 70.6 Å². The van der Waals surface area contributed by atoms with E-state index in [4.69, 9.17) is 4.74 Å². The molecule has 0 aliphatic carbocycles. The normalized spacial score (nSPS) is 11.3. The van der Waals surface area contributed by atoms with Crippen LogP contribution in [0.5, 0.6) is 5.75 Å². The van der Waals surface area contributed by atoms with E-state index in [1.54, 1.807) is 12.3 Å². The van der Waals surface area contributed by atoms with Gasteiger partial charge in [0, 0.05) is 18.4 Å². The second-order valence-corrected chi connectivity index (χ2v) is 6.95. The maximum absolute atomic E-state index is 12.3. The van der Waals surface area contributed by atoms with Crippen molar-refractivity contribution < 1.29 is 9.53 Å². The maximum Gasteiger partial charge on any atom is 0.270 e. The Morgan fingerprint density at radius 1 is 1.13 bits per heavy atom. The Morgan fingerprint density at radius 3 is 2.81 bits per heavy atom. The first kappa shape index (κ1) is 20.3. The van der Waals surface area contributed by atoms with Crippen molar-refractivity contribution in [3.63, 3.8) is 0 Å². The molecular weight excluding hydrogens is 392 g/mol. The van der Waals surface area contributed by atoms with Gasteiger partial charge in [-0.15, -0.1) is 0 Å². The summed E-state index contributed by atoms with van der Waals surface area (Å²) >= 11 is 0. The topological polar surface area (TPSA) is 96.4 Å². The van der Waals surface area contributed by atoms with Crippen molar-refractivity contribution >= 4 is 33.9 Å². The van der Waals surface area contributed by atoms with Crippen LogP contribution >= 0.6 is 0 Å². The van der Waals surface area contributed by atoms with Crippen molar-refractivity contribution in [2.45, 2.75) is 19.8 Å². The van der Waals surface area contributed by atoms with Crippen molar-refractivity contribution in [3.8, 4) is 5.75 Å². The molecule has 0 spiro atoms. The molecule has 0 atom stereocenters. The average molecular weight is 414 g/mol. The van der Waals surface area contributed by atoms with Crippen LogP contribution in [0, 0.1) is 0 Å². The van der Waals surface area contributed by atoms with E-state index in [9.17, 15) is 9.59 Å². The quantitative estimate of drug-likeness (QED) is 0.357. The molecule has 0 aliphatic heterocycles. The van der Waals surface area contributed by atoms with E-state index >= 15 is 0 Å². The fraction of sp³-hybridized carbons (Fsp3) is 0.167. The number of ether oxygens (including phenoxy) is 1. The summed E-state index contributed by atoms with van der Waals surface area (Å²) in [5, 5.41) is 6.15. The number of para-hydroxylation sites is 2. The largest absolute Gasteiger partial charge is 0.493 e. The number of hydrazone groups is 1. The highest BCUT2D eigenvalue weighted by atomic mass is 16.5. The van der Waals surface area contributed by atoms with Gasteiger partial charge in [0.15, 0.2) is 0 Å². The minimum Gasteiger partial charge on any atom is -0.493 e. The molecule has 3 aromatic carbocycles. The smallest absolute Gasteiger partial charge is 0.270 e. The molecule has 156 valence electrons. The van der Waals surface area contributed by atoms with Gasteiger partial charge in [-0.3, -0.25) is 9.59 Å².